The highest BCUT2D eigenvalue weighted by Crippen LogP contribution is 2.29. The SMILES string of the molecule is C=C(C)C(=O)OCCCCCCCCCC(C(=O)O)c1ccc(-c2ccc(C(CCCCCCCCCOC(=O)C(=C)C)C(=O)O)cc2)cc1. The zero-order valence-corrected chi connectivity index (χ0v) is 30.3. The third-order valence-corrected chi connectivity index (χ3v) is 8.99. The Labute approximate surface area is 299 Å². The molecule has 2 atom stereocenters. The first-order chi connectivity index (χ1) is 24.0. The highest BCUT2D eigenvalue weighted by Gasteiger charge is 2.21. The van der Waals surface area contributed by atoms with E-state index in [1.807, 2.05) is 48.5 Å². The second kappa shape index (κ2) is 24.0. The summed E-state index contributed by atoms with van der Waals surface area (Å²) in [6, 6.07) is 15.3. The zero-order valence-electron chi connectivity index (χ0n) is 30.3. The first-order valence-corrected chi connectivity index (χ1v) is 18.3. The monoisotopic (exact) mass is 690 g/mol. The summed E-state index contributed by atoms with van der Waals surface area (Å²) in [4.78, 5) is 46.9. The van der Waals surface area contributed by atoms with Crippen LogP contribution in [0.1, 0.15) is 140 Å². The van der Waals surface area contributed by atoms with Crippen LogP contribution in [0.15, 0.2) is 72.8 Å². The fourth-order valence-corrected chi connectivity index (χ4v) is 5.93. The lowest BCUT2D eigenvalue weighted by Gasteiger charge is -2.15. The van der Waals surface area contributed by atoms with Crippen LogP contribution in [0.25, 0.3) is 11.1 Å². The van der Waals surface area contributed by atoms with Gasteiger partial charge in [-0.05, 0) is 61.8 Å². The van der Waals surface area contributed by atoms with Gasteiger partial charge in [-0.3, -0.25) is 9.59 Å². The van der Waals surface area contributed by atoms with Crippen LogP contribution < -0.4 is 0 Å². The minimum Gasteiger partial charge on any atom is -0.481 e. The highest BCUT2D eigenvalue weighted by atomic mass is 16.5. The summed E-state index contributed by atoms with van der Waals surface area (Å²) < 4.78 is 10.2. The second-order valence-electron chi connectivity index (χ2n) is 13.4. The van der Waals surface area contributed by atoms with E-state index in [0.29, 0.717) is 37.2 Å². The molecule has 0 saturated heterocycles. The van der Waals surface area contributed by atoms with Gasteiger partial charge in [-0.2, -0.15) is 0 Å². The molecule has 2 aromatic rings. The van der Waals surface area contributed by atoms with Crippen LogP contribution in [-0.4, -0.2) is 47.3 Å². The van der Waals surface area contributed by atoms with Gasteiger partial charge in [0.2, 0.25) is 0 Å². The molecule has 0 heterocycles. The van der Waals surface area contributed by atoms with E-state index >= 15 is 0 Å². The minimum absolute atomic E-state index is 0.340. The van der Waals surface area contributed by atoms with E-state index in [0.717, 1.165) is 112 Å². The van der Waals surface area contributed by atoms with Crippen molar-refractivity contribution in [2.75, 3.05) is 13.2 Å². The number of carboxylic acids is 2. The molecule has 0 aliphatic rings. The largest absolute Gasteiger partial charge is 0.481 e. The summed E-state index contributed by atoms with van der Waals surface area (Å²) in [6.07, 6.45) is 14.9. The Morgan fingerprint density at radius 3 is 1.06 bits per heavy atom. The van der Waals surface area contributed by atoms with Crippen LogP contribution in [-0.2, 0) is 28.7 Å². The molecule has 0 spiro atoms. The van der Waals surface area contributed by atoms with Crippen LogP contribution in [0.2, 0.25) is 0 Å². The molecule has 0 fully saturated rings. The van der Waals surface area contributed by atoms with E-state index in [2.05, 4.69) is 13.2 Å². The van der Waals surface area contributed by atoms with Crippen molar-refractivity contribution in [2.24, 2.45) is 0 Å². The van der Waals surface area contributed by atoms with Crippen LogP contribution >= 0.6 is 0 Å². The van der Waals surface area contributed by atoms with E-state index in [-0.39, 0.29) is 11.9 Å². The average molecular weight is 691 g/mol. The third kappa shape index (κ3) is 16.5. The highest BCUT2D eigenvalue weighted by molar-refractivity contribution is 5.87. The summed E-state index contributed by atoms with van der Waals surface area (Å²) in [5.74, 6) is -3.41. The van der Waals surface area contributed by atoms with Gasteiger partial charge in [0.25, 0.3) is 0 Å². The molecule has 0 aliphatic carbocycles. The molecule has 2 N–H and O–H groups in total. The molecule has 0 radical (unpaired) electrons. The van der Waals surface area contributed by atoms with Gasteiger partial charge in [0.15, 0.2) is 0 Å². The van der Waals surface area contributed by atoms with Gasteiger partial charge in [0, 0.05) is 11.1 Å². The Kier molecular flexibility index (Phi) is 20.2. The number of carboxylic acid groups (broad SMARTS) is 2. The lowest BCUT2D eigenvalue weighted by molar-refractivity contribution is -0.140. The normalized spacial score (nSPS) is 12.1. The van der Waals surface area contributed by atoms with Crippen molar-refractivity contribution in [2.45, 2.75) is 128 Å². The van der Waals surface area contributed by atoms with Gasteiger partial charge in [0.1, 0.15) is 0 Å². The van der Waals surface area contributed by atoms with Gasteiger partial charge in [-0.1, -0.05) is 139 Å². The predicted octanol–water partition coefficient (Wildman–Crippen LogP) is 10.2. The van der Waals surface area contributed by atoms with Gasteiger partial charge in [-0.15, -0.1) is 0 Å². The number of esters is 2. The molecule has 8 heteroatoms. The number of benzene rings is 2. The Hall–Kier alpha value is -4.20. The van der Waals surface area contributed by atoms with E-state index < -0.39 is 23.8 Å². The quantitative estimate of drug-likeness (QED) is 0.0539. The van der Waals surface area contributed by atoms with Crippen LogP contribution in [0, 0.1) is 0 Å². The van der Waals surface area contributed by atoms with Crippen molar-refractivity contribution in [3.63, 3.8) is 0 Å². The lowest BCUT2D eigenvalue weighted by atomic mass is 9.90. The second-order valence-corrected chi connectivity index (χ2v) is 13.4. The number of aliphatic carboxylic acids is 2. The molecule has 2 aromatic carbocycles. The number of hydrogen-bond donors (Lipinski definition) is 2. The summed E-state index contributed by atoms with van der Waals surface area (Å²) in [5.41, 5.74) is 4.33. The third-order valence-electron chi connectivity index (χ3n) is 8.99. The van der Waals surface area contributed by atoms with Gasteiger partial charge in [-0.25, -0.2) is 9.59 Å². The van der Waals surface area contributed by atoms with Crippen molar-refractivity contribution >= 4 is 23.9 Å². The molecule has 0 amide bonds. The van der Waals surface area contributed by atoms with Crippen molar-refractivity contribution in [3.05, 3.63) is 84.0 Å². The zero-order chi connectivity index (χ0) is 36.7. The van der Waals surface area contributed by atoms with Crippen LogP contribution in [0.3, 0.4) is 0 Å². The average Bonchev–Trinajstić information content (AvgIpc) is 3.09. The fraction of sp³-hybridized carbons (Fsp3) is 0.524. The number of unbranched alkanes of at least 4 members (excludes halogenated alkanes) is 12. The molecular weight excluding hydrogens is 632 g/mol. The first kappa shape index (κ1) is 42.0. The maximum absolute atomic E-state index is 12.1. The lowest BCUT2D eigenvalue weighted by Crippen LogP contribution is -2.12. The molecule has 0 aromatic heterocycles. The first-order valence-electron chi connectivity index (χ1n) is 18.3. The number of ether oxygens (including phenoxy) is 2. The van der Waals surface area contributed by atoms with E-state index in [1.165, 1.54) is 0 Å². The molecule has 50 heavy (non-hydrogen) atoms. The van der Waals surface area contributed by atoms with Crippen LogP contribution in [0.4, 0.5) is 0 Å². The number of rotatable bonds is 27. The Morgan fingerprint density at radius 2 is 0.780 bits per heavy atom. The molecule has 0 aliphatic heterocycles. The molecule has 0 bridgehead atoms. The number of hydrogen-bond acceptors (Lipinski definition) is 6. The summed E-state index contributed by atoms with van der Waals surface area (Å²) in [6.45, 7) is 11.3. The summed E-state index contributed by atoms with van der Waals surface area (Å²) in [5, 5.41) is 19.8. The Balaban J connectivity index is 1.73. The van der Waals surface area contributed by atoms with Crippen molar-refractivity contribution < 1.29 is 38.9 Å². The topological polar surface area (TPSA) is 127 Å². The van der Waals surface area contributed by atoms with Crippen molar-refractivity contribution in [1.29, 1.82) is 0 Å². The van der Waals surface area contributed by atoms with Gasteiger partial charge >= 0.3 is 23.9 Å². The van der Waals surface area contributed by atoms with Crippen molar-refractivity contribution in [1.82, 2.24) is 0 Å². The summed E-state index contributed by atoms with van der Waals surface area (Å²) in [7, 11) is 0. The molecule has 274 valence electrons. The maximum atomic E-state index is 12.1. The van der Waals surface area contributed by atoms with E-state index in [4.69, 9.17) is 9.47 Å². The Bertz CT molecular complexity index is 1250. The standard InChI is InChI=1S/C42H58O8/c1-31(2)41(47)49-29-17-13-9-5-7-11-15-19-37(39(43)44)35-25-21-33(22-26-35)34-23-27-36(28-24-34)38(40(45)46)20-16-12-8-6-10-14-18-30-50-42(48)32(3)4/h21-28,37-38H,1,3,5-20,29-30H2,2,4H3,(H,43,44)(H,45,46). The molecule has 8 nitrogen and oxygen atoms in total. The number of carbonyl (C=O) groups is 4. The van der Waals surface area contributed by atoms with Crippen molar-refractivity contribution in [3.8, 4) is 11.1 Å². The minimum atomic E-state index is -0.815. The maximum Gasteiger partial charge on any atom is 0.333 e. The summed E-state index contributed by atoms with van der Waals surface area (Å²) >= 11 is 0. The van der Waals surface area contributed by atoms with E-state index in [9.17, 15) is 29.4 Å². The Morgan fingerprint density at radius 1 is 0.500 bits per heavy atom. The molecule has 0 saturated carbocycles. The van der Waals surface area contributed by atoms with E-state index in [1.54, 1.807) is 13.8 Å². The molecular formula is C42H58O8. The van der Waals surface area contributed by atoms with Gasteiger partial charge < -0.3 is 19.7 Å². The fourth-order valence-electron chi connectivity index (χ4n) is 5.93. The molecule has 2 unspecified atom stereocenters. The van der Waals surface area contributed by atoms with Gasteiger partial charge in [0.05, 0.1) is 25.0 Å². The predicted molar refractivity (Wildman–Crippen MR) is 198 cm³/mol. The number of carbonyl (C=O) groups excluding carboxylic acids is 2. The smallest absolute Gasteiger partial charge is 0.333 e. The van der Waals surface area contributed by atoms with Crippen LogP contribution in [0.5, 0.6) is 0 Å². The molecule has 2 rings (SSSR count).